The monoisotopic (exact) mass is 420 g/mol. The van der Waals surface area contributed by atoms with Gasteiger partial charge in [-0.1, -0.05) is 11.3 Å². The fourth-order valence-electron chi connectivity index (χ4n) is 2.66. The lowest BCUT2D eigenvalue weighted by molar-refractivity contribution is 0.0730. The van der Waals surface area contributed by atoms with E-state index < -0.39 is 15.9 Å². The Bertz CT molecular complexity index is 1060. The number of ether oxygens (including phenoxy) is 1. The summed E-state index contributed by atoms with van der Waals surface area (Å²) >= 11 is 1.18. The van der Waals surface area contributed by atoms with Crippen molar-refractivity contribution in [3.63, 3.8) is 0 Å². The van der Waals surface area contributed by atoms with Crippen LogP contribution in [0.1, 0.15) is 10.4 Å². The van der Waals surface area contributed by atoms with Gasteiger partial charge in [-0.3, -0.25) is 10.1 Å². The number of anilines is 1. The summed E-state index contributed by atoms with van der Waals surface area (Å²) < 4.78 is 37.0. The van der Waals surface area contributed by atoms with Crippen molar-refractivity contribution >= 4 is 32.4 Å². The number of sulfonamides is 1. The van der Waals surface area contributed by atoms with Crippen molar-refractivity contribution in [1.82, 2.24) is 14.5 Å². The van der Waals surface area contributed by atoms with Crippen LogP contribution < -0.4 is 5.32 Å². The molecule has 4 rings (SSSR count). The second kappa shape index (κ2) is 7.80. The lowest BCUT2D eigenvalue weighted by Gasteiger charge is -2.26. The molecule has 1 amide bonds. The van der Waals surface area contributed by atoms with Crippen LogP contribution in [-0.4, -0.2) is 55.1 Å². The van der Waals surface area contributed by atoms with Crippen LogP contribution in [0.15, 0.2) is 52.0 Å². The molecule has 1 aliphatic heterocycles. The zero-order valence-electron chi connectivity index (χ0n) is 14.6. The lowest BCUT2D eigenvalue weighted by Crippen LogP contribution is -2.40. The smallest absolute Gasteiger partial charge is 0.257 e. The third-order valence-corrected chi connectivity index (χ3v) is 6.87. The Morgan fingerprint density at radius 3 is 2.54 bits per heavy atom. The summed E-state index contributed by atoms with van der Waals surface area (Å²) in [7, 11) is -3.59. The van der Waals surface area contributed by atoms with Gasteiger partial charge in [-0.25, -0.2) is 8.42 Å². The number of aromatic nitrogens is 2. The molecule has 3 aromatic rings. The molecule has 28 heavy (non-hydrogen) atoms. The first-order valence-corrected chi connectivity index (χ1v) is 10.7. The van der Waals surface area contributed by atoms with Crippen LogP contribution in [0.2, 0.25) is 0 Å². The van der Waals surface area contributed by atoms with Gasteiger partial charge in [0.2, 0.25) is 15.2 Å². The normalized spacial score (nSPS) is 15.4. The molecule has 1 aliphatic rings. The number of morpholine rings is 1. The maximum absolute atomic E-state index is 12.6. The third-order valence-electron chi connectivity index (χ3n) is 4.10. The first-order valence-electron chi connectivity index (χ1n) is 8.41. The third kappa shape index (κ3) is 3.83. The van der Waals surface area contributed by atoms with Gasteiger partial charge >= 0.3 is 0 Å². The lowest BCUT2D eigenvalue weighted by atomic mass is 10.2. The molecule has 0 atom stereocenters. The van der Waals surface area contributed by atoms with Crippen LogP contribution in [0.25, 0.3) is 10.8 Å². The fourth-order valence-corrected chi connectivity index (χ4v) is 4.77. The maximum Gasteiger partial charge on any atom is 0.257 e. The zero-order valence-corrected chi connectivity index (χ0v) is 16.2. The van der Waals surface area contributed by atoms with Crippen LogP contribution >= 0.6 is 11.3 Å². The predicted molar refractivity (Wildman–Crippen MR) is 102 cm³/mol. The van der Waals surface area contributed by atoms with E-state index in [9.17, 15) is 13.2 Å². The molecule has 2 aromatic heterocycles. The maximum atomic E-state index is 12.6. The summed E-state index contributed by atoms with van der Waals surface area (Å²) in [6, 6.07) is 9.28. The summed E-state index contributed by atoms with van der Waals surface area (Å²) in [5.74, 6) is 0.160. The molecule has 9 nitrogen and oxygen atoms in total. The largest absolute Gasteiger partial charge is 0.462 e. The van der Waals surface area contributed by atoms with E-state index in [1.807, 2.05) is 0 Å². The highest BCUT2D eigenvalue weighted by atomic mass is 32.2. The summed E-state index contributed by atoms with van der Waals surface area (Å²) in [6.07, 6.45) is 1.53. The summed E-state index contributed by atoms with van der Waals surface area (Å²) in [4.78, 5) is 12.5. The Kier molecular flexibility index (Phi) is 5.22. The van der Waals surface area contributed by atoms with Crippen molar-refractivity contribution in [3.8, 4) is 10.8 Å². The Morgan fingerprint density at radius 2 is 1.86 bits per heavy atom. The van der Waals surface area contributed by atoms with Crippen LogP contribution in [-0.2, 0) is 14.8 Å². The number of carbonyl (C=O) groups is 1. The quantitative estimate of drug-likeness (QED) is 0.672. The zero-order chi connectivity index (χ0) is 19.6. The molecule has 11 heteroatoms. The second-order valence-corrected chi connectivity index (χ2v) is 8.80. The first-order chi connectivity index (χ1) is 13.5. The molecule has 1 N–H and O–H groups in total. The van der Waals surface area contributed by atoms with Crippen LogP contribution in [0.3, 0.4) is 0 Å². The van der Waals surface area contributed by atoms with Gasteiger partial charge in [0, 0.05) is 18.7 Å². The minimum Gasteiger partial charge on any atom is -0.462 e. The van der Waals surface area contributed by atoms with Crippen molar-refractivity contribution < 1.29 is 22.4 Å². The molecule has 0 radical (unpaired) electrons. The van der Waals surface area contributed by atoms with Gasteiger partial charge < -0.3 is 9.15 Å². The minimum atomic E-state index is -3.59. The standard InChI is InChI=1S/C17H16N4O5S2/c22-15(18-17-20-19-16(27-17)14-2-1-9-26-14)12-3-5-13(6-4-12)28(23,24)21-7-10-25-11-8-21/h1-6,9H,7-8,10-11H2,(H,18,20,22). The number of nitrogens with one attached hydrogen (secondary N) is 1. The van der Waals surface area contributed by atoms with Gasteiger partial charge in [0.05, 0.1) is 24.4 Å². The van der Waals surface area contributed by atoms with Crippen molar-refractivity contribution in [2.75, 3.05) is 31.6 Å². The van der Waals surface area contributed by atoms with Crippen LogP contribution in [0, 0.1) is 0 Å². The Hall–Kier alpha value is -2.60. The number of furan rings is 1. The number of hydrogen-bond donors (Lipinski definition) is 1. The molecule has 1 saturated heterocycles. The Morgan fingerprint density at radius 1 is 1.11 bits per heavy atom. The van der Waals surface area contributed by atoms with Gasteiger partial charge in [-0.05, 0) is 36.4 Å². The van der Waals surface area contributed by atoms with Gasteiger partial charge in [0.25, 0.3) is 5.91 Å². The molecule has 0 saturated carbocycles. The Balaban J connectivity index is 1.45. The molecule has 3 heterocycles. The fraction of sp³-hybridized carbons (Fsp3) is 0.235. The van der Waals surface area contributed by atoms with Crippen molar-refractivity contribution in [3.05, 3.63) is 48.2 Å². The van der Waals surface area contributed by atoms with E-state index in [0.29, 0.717) is 47.8 Å². The molecule has 0 bridgehead atoms. The summed E-state index contributed by atoms with van der Waals surface area (Å²) in [5.41, 5.74) is 0.315. The van der Waals surface area contributed by atoms with Gasteiger partial charge in [-0.15, -0.1) is 10.2 Å². The average molecular weight is 420 g/mol. The van der Waals surface area contributed by atoms with Gasteiger partial charge in [-0.2, -0.15) is 4.31 Å². The number of benzene rings is 1. The Labute approximate surface area is 165 Å². The molecule has 0 unspecified atom stereocenters. The summed E-state index contributed by atoms with van der Waals surface area (Å²) in [6.45, 7) is 1.39. The molecule has 0 aliphatic carbocycles. The van der Waals surface area contributed by atoms with E-state index in [-0.39, 0.29) is 4.90 Å². The van der Waals surface area contributed by atoms with Gasteiger partial charge in [0.1, 0.15) is 0 Å². The highest BCUT2D eigenvalue weighted by Gasteiger charge is 2.26. The molecule has 1 fully saturated rings. The van der Waals surface area contributed by atoms with E-state index in [1.165, 1.54) is 46.2 Å². The van der Waals surface area contributed by atoms with Crippen molar-refractivity contribution in [2.45, 2.75) is 4.90 Å². The highest BCUT2D eigenvalue weighted by molar-refractivity contribution is 7.89. The van der Waals surface area contributed by atoms with E-state index >= 15 is 0 Å². The SMILES string of the molecule is O=C(Nc1nnc(-c2ccco2)s1)c1ccc(S(=O)(=O)N2CCOCC2)cc1. The van der Waals surface area contributed by atoms with E-state index in [2.05, 4.69) is 15.5 Å². The van der Waals surface area contributed by atoms with Crippen molar-refractivity contribution in [2.24, 2.45) is 0 Å². The molecule has 0 spiro atoms. The molecule has 146 valence electrons. The minimum absolute atomic E-state index is 0.141. The number of amides is 1. The second-order valence-electron chi connectivity index (χ2n) is 5.88. The van der Waals surface area contributed by atoms with E-state index in [1.54, 1.807) is 12.1 Å². The number of hydrogen-bond acceptors (Lipinski definition) is 8. The predicted octanol–water partition coefficient (Wildman–Crippen LogP) is 2.07. The average Bonchev–Trinajstić information content (AvgIpc) is 3.40. The first kappa shape index (κ1) is 18.7. The van der Waals surface area contributed by atoms with E-state index in [4.69, 9.17) is 9.15 Å². The molecular weight excluding hydrogens is 404 g/mol. The molecule has 1 aromatic carbocycles. The number of rotatable bonds is 5. The van der Waals surface area contributed by atoms with E-state index in [0.717, 1.165) is 0 Å². The number of nitrogens with zero attached hydrogens (tertiary/aromatic N) is 3. The van der Waals surface area contributed by atoms with Gasteiger partial charge in [0.15, 0.2) is 10.8 Å². The molecular formula is C17H16N4O5S2. The highest BCUT2D eigenvalue weighted by Crippen LogP contribution is 2.27. The number of carbonyl (C=O) groups excluding carboxylic acids is 1. The van der Waals surface area contributed by atoms with Crippen molar-refractivity contribution in [1.29, 1.82) is 0 Å². The van der Waals surface area contributed by atoms with Crippen LogP contribution in [0.5, 0.6) is 0 Å². The summed E-state index contributed by atoms with van der Waals surface area (Å²) in [5, 5.41) is 11.4. The van der Waals surface area contributed by atoms with Crippen LogP contribution in [0.4, 0.5) is 5.13 Å². The topological polar surface area (TPSA) is 115 Å².